The van der Waals surface area contributed by atoms with E-state index in [1.165, 1.54) is 0 Å². The SMILES string of the molecule is CCOC(=O)c1c(NC(=O)COc2ccccc2C)sc(C(=O)Nc2cccc(Cl)c2Cl)c1C. The summed E-state index contributed by atoms with van der Waals surface area (Å²) in [5, 5.41) is 6.03. The van der Waals surface area contributed by atoms with Gasteiger partial charge in [-0.05, 0) is 50.1 Å². The van der Waals surface area contributed by atoms with E-state index in [0.29, 0.717) is 17.0 Å². The largest absolute Gasteiger partial charge is 0.483 e. The Bertz CT molecular complexity index is 1240. The highest BCUT2D eigenvalue weighted by atomic mass is 35.5. The molecule has 0 fully saturated rings. The number of nitrogens with one attached hydrogen (secondary N) is 2. The fraction of sp³-hybridized carbons (Fsp3) is 0.208. The lowest BCUT2D eigenvalue weighted by Gasteiger charge is -2.10. The molecule has 0 atom stereocenters. The zero-order chi connectivity index (χ0) is 24.8. The first-order valence-corrected chi connectivity index (χ1v) is 11.8. The summed E-state index contributed by atoms with van der Waals surface area (Å²) in [5.74, 6) is -1.07. The van der Waals surface area contributed by atoms with Crippen LogP contribution in [0.1, 0.15) is 38.1 Å². The molecule has 1 aromatic heterocycles. The van der Waals surface area contributed by atoms with Crippen molar-refractivity contribution in [1.29, 1.82) is 0 Å². The van der Waals surface area contributed by atoms with Gasteiger partial charge in [0.05, 0.1) is 32.8 Å². The summed E-state index contributed by atoms with van der Waals surface area (Å²) in [6.07, 6.45) is 0. The fourth-order valence-corrected chi connectivity index (χ4v) is 4.53. The molecule has 0 aliphatic heterocycles. The topological polar surface area (TPSA) is 93.7 Å². The number of para-hydroxylation sites is 1. The molecule has 10 heteroatoms. The van der Waals surface area contributed by atoms with E-state index in [1.807, 2.05) is 19.1 Å². The molecular formula is C24H22Cl2N2O5S. The molecule has 3 rings (SSSR count). The normalized spacial score (nSPS) is 10.5. The molecule has 0 saturated heterocycles. The Balaban J connectivity index is 1.84. The fourth-order valence-electron chi connectivity index (χ4n) is 3.07. The van der Waals surface area contributed by atoms with Crippen LogP contribution in [-0.4, -0.2) is 31.0 Å². The number of benzene rings is 2. The van der Waals surface area contributed by atoms with Gasteiger partial charge in [-0.3, -0.25) is 9.59 Å². The Morgan fingerprint density at radius 2 is 1.74 bits per heavy atom. The van der Waals surface area contributed by atoms with Crippen molar-refractivity contribution in [3.8, 4) is 5.75 Å². The number of rotatable bonds is 8. The summed E-state index contributed by atoms with van der Waals surface area (Å²) in [7, 11) is 0. The molecule has 0 unspecified atom stereocenters. The molecule has 0 spiro atoms. The van der Waals surface area contributed by atoms with Crippen LogP contribution in [0.4, 0.5) is 10.7 Å². The number of hydrogen-bond donors (Lipinski definition) is 2. The average Bonchev–Trinajstić information content (AvgIpc) is 3.12. The van der Waals surface area contributed by atoms with Crippen LogP contribution in [0.3, 0.4) is 0 Å². The summed E-state index contributed by atoms with van der Waals surface area (Å²) < 4.78 is 10.7. The van der Waals surface area contributed by atoms with E-state index in [0.717, 1.165) is 16.9 Å². The highest BCUT2D eigenvalue weighted by Gasteiger charge is 2.27. The number of amides is 2. The van der Waals surface area contributed by atoms with Gasteiger partial charge in [0, 0.05) is 0 Å². The number of ether oxygens (including phenoxy) is 2. The van der Waals surface area contributed by atoms with Gasteiger partial charge in [0.1, 0.15) is 10.8 Å². The second kappa shape index (κ2) is 11.4. The van der Waals surface area contributed by atoms with Gasteiger partial charge >= 0.3 is 5.97 Å². The van der Waals surface area contributed by atoms with Crippen molar-refractivity contribution in [2.75, 3.05) is 23.8 Å². The minimum atomic E-state index is -0.647. The number of aryl methyl sites for hydroxylation is 1. The molecule has 7 nitrogen and oxygen atoms in total. The quantitative estimate of drug-likeness (QED) is 0.349. The maximum Gasteiger partial charge on any atom is 0.341 e. The molecule has 0 aliphatic carbocycles. The molecule has 2 N–H and O–H groups in total. The van der Waals surface area contributed by atoms with E-state index < -0.39 is 17.8 Å². The summed E-state index contributed by atoms with van der Waals surface area (Å²) in [4.78, 5) is 38.4. The third-order valence-electron chi connectivity index (χ3n) is 4.74. The van der Waals surface area contributed by atoms with Gasteiger partial charge in [-0.2, -0.15) is 0 Å². The predicted molar refractivity (Wildman–Crippen MR) is 135 cm³/mol. The lowest BCUT2D eigenvalue weighted by atomic mass is 10.1. The molecule has 2 aromatic carbocycles. The van der Waals surface area contributed by atoms with E-state index in [-0.39, 0.29) is 38.7 Å². The molecule has 1 heterocycles. The van der Waals surface area contributed by atoms with Crippen molar-refractivity contribution in [1.82, 2.24) is 0 Å². The van der Waals surface area contributed by atoms with Crippen LogP contribution in [0.5, 0.6) is 5.75 Å². The second-order valence-electron chi connectivity index (χ2n) is 7.14. The highest BCUT2D eigenvalue weighted by molar-refractivity contribution is 7.19. The van der Waals surface area contributed by atoms with Crippen molar-refractivity contribution in [3.05, 3.63) is 74.1 Å². The predicted octanol–water partition coefficient (Wildman–Crippen LogP) is 6.12. The Morgan fingerprint density at radius 3 is 2.44 bits per heavy atom. The third-order valence-corrected chi connectivity index (χ3v) is 6.76. The molecule has 0 bridgehead atoms. The van der Waals surface area contributed by atoms with E-state index in [9.17, 15) is 14.4 Å². The van der Waals surface area contributed by atoms with E-state index >= 15 is 0 Å². The van der Waals surface area contributed by atoms with Crippen LogP contribution >= 0.6 is 34.5 Å². The van der Waals surface area contributed by atoms with Crippen LogP contribution in [-0.2, 0) is 9.53 Å². The molecular weight excluding hydrogens is 499 g/mol. The van der Waals surface area contributed by atoms with Gasteiger partial charge in [-0.1, -0.05) is 47.5 Å². The number of halogens is 2. The summed E-state index contributed by atoms with van der Waals surface area (Å²) >= 11 is 13.1. The molecule has 0 radical (unpaired) electrons. The highest BCUT2D eigenvalue weighted by Crippen LogP contribution is 2.36. The lowest BCUT2D eigenvalue weighted by Crippen LogP contribution is -2.21. The van der Waals surface area contributed by atoms with Gasteiger partial charge in [-0.25, -0.2) is 4.79 Å². The van der Waals surface area contributed by atoms with Gasteiger partial charge in [0.15, 0.2) is 6.61 Å². The van der Waals surface area contributed by atoms with E-state index in [4.69, 9.17) is 32.7 Å². The molecule has 3 aromatic rings. The Hall–Kier alpha value is -3.07. The molecule has 34 heavy (non-hydrogen) atoms. The van der Waals surface area contributed by atoms with Crippen LogP contribution in [0.25, 0.3) is 0 Å². The zero-order valence-electron chi connectivity index (χ0n) is 18.7. The second-order valence-corrected chi connectivity index (χ2v) is 8.94. The van der Waals surface area contributed by atoms with E-state index in [2.05, 4.69) is 10.6 Å². The average molecular weight is 521 g/mol. The van der Waals surface area contributed by atoms with Gasteiger partial charge < -0.3 is 20.1 Å². The van der Waals surface area contributed by atoms with Crippen LogP contribution in [0.2, 0.25) is 10.0 Å². The molecule has 0 saturated carbocycles. The number of thiophene rings is 1. The monoisotopic (exact) mass is 520 g/mol. The zero-order valence-corrected chi connectivity index (χ0v) is 21.0. The smallest absolute Gasteiger partial charge is 0.341 e. The molecule has 0 aliphatic rings. The standard InChI is InChI=1S/C24H22Cl2N2O5S/c1-4-32-24(31)19-14(3)21(22(30)27-16-10-7-9-15(25)20(16)26)34-23(19)28-18(29)12-33-17-11-6-5-8-13(17)2/h5-11H,4,12H2,1-3H3,(H,27,30)(H,28,29). The van der Waals surface area contributed by atoms with Crippen LogP contribution in [0.15, 0.2) is 42.5 Å². The maximum atomic E-state index is 13.0. The van der Waals surface area contributed by atoms with Crippen molar-refractivity contribution in [3.63, 3.8) is 0 Å². The lowest BCUT2D eigenvalue weighted by molar-refractivity contribution is -0.118. The number of carbonyl (C=O) groups excluding carboxylic acids is 3. The van der Waals surface area contributed by atoms with Crippen molar-refractivity contribution in [2.45, 2.75) is 20.8 Å². The Morgan fingerprint density at radius 1 is 1.00 bits per heavy atom. The maximum absolute atomic E-state index is 13.0. The van der Waals surface area contributed by atoms with Crippen LogP contribution in [0, 0.1) is 13.8 Å². The minimum Gasteiger partial charge on any atom is -0.483 e. The van der Waals surface area contributed by atoms with Crippen molar-refractivity contribution >= 4 is 63.0 Å². The van der Waals surface area contributed by atoms with Crippen molar-refractivity contribution < 1.29 is 23.9 Å². The first kappa shape index (κ1) is 25.6. The first-order valence-electron chi connectivity index (χ1n) is 10.3. The first-order chi connectivity index (χ1) is 16.2. The van der Waals surface area contributed by atoms with Crippen LogP contribution < -0.4 is 15.4 Å². The minimum absolute atomic E-state index is 0.110. The third kappa shape index (κ3) is 5.88. The molecule has 178 valence electrons. The summed E-state index contributed by atoms with van der Waals surface area (Å²) in [6, 6.07) is 12.1. The number of carbonyl (C=O) groups is 3. The van der Waals surface area contributed by atoms with Gasteiger partial charge in [0.25, 0.3) is 11.8 Å². The summed E-state index contributed by atoms with van der Waals surface area (Å²) in [6.45, 7) is 5.01. The molecule has 2 amide bonds. The Labute approximate surface area is 211 Å². The van der Waals surface area contributed by atoms with Gasteiger partial charge in [0.2, 0.25) is 0 Å². The van der Waals surface area contributed by atoms with E-state index in [1.54, 1.807) is 44.2 Å². The number of hydrogen-bond acceptors (Lipinski definition) is 6. The number of anilines is 2. The van der Waals surface area contributed by atoms with Gasteiger partial charge in [-0.15, -0.1) is 11.3 Å². The van der Waals surface area contributed by atoms with Crippen molar-refractivity contribution in [2.24, 2.45) is 0 Å². The number of esters is 1. The Kier molecular flexibility index (Phi) is 8.55. The summed E-state index contributed by atoms with van der Waals surface area (Å²) in [5.41, 5.74) is 1.68.